The lowest BCUT2D eigenvalue weighted by molar-refractivity contribution is -0.147. The molecule has 3 N–H and O–H groups in total. The van der Waals surface area contributed by atoms with Crippen LogP contribution in [0, 0.1) is 0 Å². The molecule has 1 saturated heterocycles. The number of urea groups is 1. The van der Waals surface area contributed by atoms with Crippen molar-refractivity contribution >= 4 is 29.7 Å². The summed E-state index contributed by atoms with van der Waals surface area (Å²) < 4.78 is 4.38. The average Bonchev–Trinajstić information content (AvgIpc) is 2.88. The standard InChI is InChI=1S/C11H18N2O5S/c1-18-9(14)5-8(10(15)16)13-11(17)12-6-7-3-2-4-19-7/h7-8H,2-6H2,1H3,(H,15,16)(H2,12,13,17)/t7?,8-/m0/s1. The van der Waals surface area contributed by atoms with Gasteiger partial charge in [0.1, 0.15) is 6.04 Å². The van der Waals surface area contributed by atoms with E-state index in [0.717, 1.165) is 18.6 Å². The van der Waals surface area contributed by atoms with Crippen LogP contribution in [0.3, 0.4) is 0 Å². The fourth-order valence-electron chi connectivity index (χ4n) is 1.67. The first-order valence-corrected chi connectivity index (χ1v) is 7.03. The summed E-state index contributed by atoms with van der Waals surface area (Å²) in [6, 6.07) is -1.85. The highest BCUT2D eigenvalue weighted by Gasteiger charge is 2.24. The molecule has 1 heterocycles. The van der Waals surface area contributed by atoms with Crippen LogP contribution < -0.4 is 10.6 Å². The third kappa shape index (κ3) is 5.82. The zero-order valence-corrected chi connectivity index (χ0v) is 11.5. The number of carboxylic acids is 1. The van der Waals surface area contributed by atoms with Gasteiger partial charge in [-0.1, -0.05) is 0 Å². The van der Waals surface area contributed by atoms with Crippen molar-refractivity contribution in [3.05, 3.63) is 0 Å². The number of carbonyl (C=O) groups excluding carboxylic acids is 2. The van der Waals surface area contributed by atoms with E-state index in [9.17, 15) is 14.4 Å². The third-order valence-corrected chi connectivity index (χ3v) is 4.11. The molecule has 1 fully saturated rings. The van der Waals surface area contributed by atoms with Crippen molar-refractivity contribution in [2.75, 3.05) is 19.4 Å². The van der Waals surface area contributed by atoms with Gasteiger partial charge in [0.15, 0.2) is 0 Å². The van der Waals surface area contributed by atoms with Gasteiger partial charge in [-0.2, -0.15) is 11.8 Å². The van der Waals surface area contributed by atoms with Crippen LogP contribution in [0.1, 0.15) is 19.3 Å². The second-order valence-electron chi connectivity index (χ2n) is 4.16. The second kappa shape index (κ2) is 7.88. The van der Waals surface area contributed by atoms with Crippen molar-refractivity contribution in [2.24, 2.45) is 0 Å². The lowest BCUT2D eigenvalue weighted by Crippen LogP contribution is -2.48. The molecule has 0 aromatic rings. The summed E-state index contributed by atoms with van der Waals surface area (Å²) in [5.41, 5.74) is 0. The summed E-state index contributed by atoms with van der Waals surface area (Å²) in [6.07, 6.45) is 1.80. The lowest BCUT2D eigenvalue weighted by atomic mass is 10.2. The maximum absolute atomic E-state index is 11.5. The Balaban J connectivity index is 2.33. The first-order valence-electron chi connectivity index (χ1n) is 5.98. The van der Waals surface area contributed by atoms with Crippen molar-refractivity contribution in [1.29, 1.82) is 0 Å². The van der Waals surface area contributed by atoms with Gasteiger partial charge in [0.2, 0.25) is 0 Å². The van der Waals surface area contributed by atoms with E-state index < -0.39 is 30.4 Å². The van der Waals surface area contributed by atoms with Crippen molar-refractivity contribution < 1.29 is 24.2 Å². The fourth-order valence-corrected chi connectivity index (χ4v) is 2.87. The molecule has 19 heavy (non-hydrogen) atoms. The highest BCUT2D eigenvalue weighted by molar-refractivity contribution is 8.00. The average molecular weight is 290 g/mol. The molecule has 0 spiro atoms. The smallest absolute Gasteiger partial charge is 0.326 e. The number of amides is 2. The molecule has 2 amide bonds. The molecule has 0 aromatic heterocycles. The van der Waals surface area contributed by atoms with Crippen LogP contribution in [0.2, 0.25) is 0 Å². The zero-order chi connectivity index (χ0) is 14.3. The molecule has 2 atom stereocenters. The molecule has 7 nitrogen and oxygen atoms in total. The van der Waals surface area contributed by atoms with Gasteiger partial charge in [-0.15, -0.1) is 0 Å². The van der Waals surface area contributed by atoms with Crippen LogP contribution in [-0.2, 0) is 14.3 Å². The molecular weight excluding hydrogens is 272 g/mol. The van der Waals surface area contributed by atoms with Gasteiger partial charge in [0, 0.05) is 11.8 Å². The molecule has 1 aliphatic rings. The maximum atomic E-state index is 11.5. The predicted octanol–water partition coefficient (Wildman–Crippen LogP) is 0.198. The van der Waals surface area contributed by atoms with Gasteiger partial charge < -0.3 is 20.5 Å². The number of methoxy groups -OCH3 is 1. The Morgan fingerprint density at radius 3 is 2.74 bits per heavy atom. The Kier molecular flexibility index (Phi) is 6.48. The predicted molar refractivity (Wildman–Crippen MR) is 70.1 cm³/mol. The van der Waals surface area contributed by atoms with E-state index in [1.165, 1.54) is 7.11 Å². The first kappa shape index (κ1) is 15.6. The fraction of sp³-hybridized carbons (Fsp3) is 0.727. The summed E-state index contributed by atoms with van der Waals surface area (Å²) in [7, 11) is 1.17. The monoisotopic (exact) mass is 290 g/mol. The number of thioether (sulfide) groups is 1. The van der Waals surface area contributed by atoms with Gasteiger partial charge in [-0.05, 0) is 18.6 Å². The number of nitrogens with one attached hydrogen (secondary N) is 2. The third-order valence-electron chi connectivity index (χ3n) is 2.72. The topological polar surface area (TPSA) is 105 Å². The van der Waals surface area contributed by atoms with Gasteiger partial charge in [-0.3, -0.25) is 4.79 Å². The molecule has 1 rings (SSSR count). The van der Waals surface area contributed by atoms with Crippen molar-refractivity contribution in [1.82, 2.24) is 10.6 Å². The van der Waals surface area contributed by atoms with Gasteiger partial charge in [0.05, 0.1) is 13.5 Å². The molecular formula is C11H18N2O5S. The summed E-state index contributed by atoms with van der Waals surface area (Å²) in [6.45, 7) is 0.501. The van der Waals surface area contributed by atoms with Crippen LogP contribution in [0.25, 0.3) is 0 Å². The molecule has 108 valence electrons. The van der Waals surface area contributed by atoms with Crippen LogP contribution >= 0.6 is 11.8 Å². The number of esters is 1. The summed E-state index contributed by atoms with van der Waals surface area (Å²) >= 11 is 1.79. The van der Waals surface area contributed by atoms with Crippen LogP contribution in [0.4, 0.5) is 4.79 Å². The number of ether oxygens (including phenoxy) is 1. The number of aliphatic carboxylic acids is 1. The number of carboxylic acid groups (broad SMARTS) is 1. The quantitative estimate of drug-likeness (QED) is 0.603. The highest BCUT2D eigenvalue weighted by Crippen LogP contribution is 2.25. The Bertz CT molecular complexity index is 344. The van der Waals surface area contributed by atoms with Crippen LogP contribution in [0.5, 0.6) is 0 Å². The molecule has 0 aliphatic carbocycles. The van der Waals surface area contributed by atoms with Crippen molar-refractivity contribution in [3.8, 4) is 0 Å². The summed E-state index contributed by atoms with van der Waals surface area (Å²) in [5.74, 6) is -0.858. The Labute approximate surface area is 115 Å². The highest BCUT2D eigenvalue weighted by atomic mass is 32.2. The van der Waals surface area contributed by atoms with E-state index in [-0.39, 0.29) is 0 Å². The molecule has 0 aromatic carbocycles. The minimum Gasteiger partial charge on any atom is -0.480 e. The Morgan fingerprint density at radius 2 is 2.21 bits per heavy atom. The molecule has 0 saturated carbocycles. The maximum Gasteiger partial charge on any atom is 0.326 e. The molecule has 1 unspecified atom stereocenters. The van der Waals surface area contributed by atoms with E-state index >= 15 is 0 Å². The molecule has 1 aliphatic heterocycles. The second-order valence-corrected chi connectivity index (χ2v) is 5.57. The van der Waals surface area contributed by atoms with Gasteiger partial charge >= 0.3 is 18.0 Å². The Hall–Kier alpha value is -1.44. The number of hydrogen-bond acceptors (Lipinski definition) is 5. The van der Waals surface area contributed by atoms with E-state index in [4.69, 9.17) is 5.11 Å². The normalized spacial score (nSPS) is 19.5. The zero-order valence-electron chi connectivity index (χ0n) is 10.7. The first-order chi connectivity index (χ1) is 9.02. The minimum atomic E-state index is -1.27. The SMILES string of the molecule is COC(=O)C[C@H](NC(=O)NCC1CCCS1)C(=O)O. The largest absolute Gasteiger partial charge is 0.480 e. The summed E-state index contributed by atoms with van der Waals surface area (Å²) in [5, 5.41) is 14.1. The molecule has 0 bridgehead atoms. The van der Waals surface area contributed by atoms with Crippen LogP contribution in [0.15, 0.2) is 0 Å². The number of carbonyl (C=O) groups is 3. The van der Waals surface area contributed by atoms with E-state index in [1.807, 2.05) is 0 Å². The number of rotatable bonds is 6. The molecule has 8 heteroatoms. The van der Waals surface area contributed by atoms with Gasteiger partial charge in [0.25, 0.3) is 0 Å². The van der Waals surface area contributed by atoms with Crippen molar-refractivity contribution in [3.63, 3.8) is 0 Å². The van der Waals surface area contributed by atoms with Crippen LogP contribution in [-0.4, -0.2) is 53.8 Å². The minimum absolute atomic E-state index is 0.384. The Morgan fingerprint density at radius 1 is 1.47 bits per heavy atom. The van der Waals surface area contributed by atoms with Crippen molar-refractivity contribution in [2.45, 2.75) is 30.6 Å². The van der Waals surface area contributed by atoms with E-state index in [1.54, 1.807) is 11.8 Å². The summed E-state index contributed by atoms with van der Waals surface area (Å²) in [4.78, 5) is 33.4. The van der Waals surface area contributed by atoms with E-state index in [2.05, 4.69) is 15.4 Å². The number of hydrogen-bond donors (Lipinski definition) is 3. The lowest BCUT2D eigenvalue weighted by Gasteiger charge is -2.15. The van der Waals surface area contributed by atoms with Gasteiger partial charge in [-0.25, -0.2) is 9.59 Å². The van der Waals surface area contributed by atoms with E-state index in [0.29, 0.717) is 11.8 Å². The molecule has 0 radical (unpaired) electrons.